The summed E-state index contributed by atoms with van der Waals surface area (Å²) < 4.78 is 4.96. The Bertz CT molecular complexity index is 810. The summed E-state index contributed by atoms with van der Waals surface area (Å²) in [7, 11) is 1.33. The fourth-order valence-corrected chi connectivity index (χ4v) is 6.48. The quantitative estimate of drug-likeness (QED) is 0.115. The predicted octanol–water partition coefficient (Wildman–Crippen LogP) is 7.76. The molecule has 2 aliphatic heterocycles. The normalized spacial score (nSPS) is 19.2. The van der Waals surface area contributed by atoms with Gasteiger partial charge in [0.05, 0.1) is 24.5 Å². The molecule has 2 atom stereocenters. The molecule has 224 valence electrons. The van der Waals surface area contributed by atoms with Gasteiger partial charge in [-0.25, -0.2) is 14.7 Å². The Morgan fingerprint density at radius 2 is 1.41 bits per heavy atom. The summed E-state index contributed by atoms with van der Waals surface area (Å²) in [6, 6.07) is -0.238. The molecule has 3 N–H and O–H groups in total. The maximum absolute atomic E-state index is 12.6. The number of nitrogens with one attached hydrogen (secondary N) is 1. The van der Waals surface area contributed by atoms with E-state index < -0.39 is 12.1 Å². The van der Waals surface area contributed by atoms with E-state index in [9.17, 15) is 9.59 Å². The molecule has 1 saturated heterocycles. The van der Waals surface area contributed by atoms with E-state index in [1.165, 1.54) is 102 Å². The number of rotatable bonds is 20. The van der Waals surface area contributed by atoms with Crippen molar-refractivity contribution in [2.45, 2.75) is 141 Å². The van der Waals surface area contributed by atoms with Crippen molar-refractivity contribution in [3.63, 3.8) is 0 Å². The number of hydroxylamine groups is 2. The smallest absolute Gasteiger partial charge is 0.431 e. The van der Waals surface area contributed by atoms with Gasteiger partial charge < -0.3 is 20.6 Å². The summed E-state index contributed by atoms with van der Waals surface area (Å²) in [5.41, 5.74) is 8.58. The molecule has 2 heterocycles. The summed E-state index contributed by atoms with van der Waals surface area (Å²) in [4.78, 5) is 30.7. The van der Waals surface area contributed by atoms with Crippen LogP contribution < -0.4 is 11.1 Å². The number of nitrogens with zero attached hydrogens (tertiary/aromatic N) is 1. The van der Waals surface area contributed by atoms with E-state index in [1.807, 2.05) is 6.92 Å². The number of esters is 1. The van der Waals surface area contributed by atoms with Gasteiger partial charge in [0.15, 0.2) is 0 Å². The van der Waals surface area contributed by atoms with Crippen LogP contribution in [0.4, 0.5) is 4.79 Å². The molecule has 0 bridgehead atoms. The third-order valence-corrected chi connectivity index (χ3v) is 9.35. The number of thioether (sulfide) groups is 1. The van der Waals surface area contributed by atoms with E-state index in [-0.39, 0.29) is 16.9 Å². The van der Waals surface area contributed by atoms with Crippen molar-refractivity contribution in [1.82, 2.24) is 10.4 Å². The number of amides is 1. The van der Waals surface area contributed by atoms with Crippen LogP contribution in [-0.4, -0.2) is 47.8 Å². The minimum atomic E-state index is -0.513. The Hall–Kier alpha value is -1.83. The van der Waals surface area contributed by atoms with Crippen LogP contribution >= 0.6 is 11.8 Å². The van der Waals surface area contributed by atoms with E-state index in [0.29, 0.717) is 17.9 Å². The Morgan fingerprint density at radius 1 is 0.923 bits per heavy atom. The summed E-state index contributed by atoms with van der Waals surface area (Å²) in [5.74, 6) is 0.548. The minimum Gasteiger partial charge on any atom is -0.465 e. The van der Waals surface area contributed by atoms with E-state index in [2.05, 4.69) is 12.2 Å². The van der Waals surface area contributed by atoms with Crippen molar-refractivity contribution in [3.05, 3.63) is 22.5 Å². The van der Waals surface area contributed by atoms with Crippen molar-refractivity contribution in [3.8, 4) is 0 Å². The first-order chi connectivity index (χ1) is 18.9. The number of hydrogen-bond acceptors (Lipinski definition) is 7. The molecule has 39 heavy (non-hydrogen) atoms. The zero-order valence-electron chi connectivity index (χ0n) is 25.2. The number of carbonyl (C=O) groups excluding carboxylic acids is 2. The molecule has 2 aliphatic rings. The highest BCUT2D eigenvalue weighted by Crippen LogP contribution is 2.42. The van der Waals surface area contributed by atoms with E-state index in [1.54, 1.807) is 18.7 Å². The van der Waals surface area contributed by atoms with Gasteiger partial charge in [0.2, 0.25) is 0 Å². The molecule has 0 aromatic rings. The van der Waals surface area contributed by atoms with E-state index in [4.69, 9.17) is 15.3 Å². The molecule has 0 aromatic carbocycles. The zero-order valence-corrected chi connectivity index (χ0v) is 26.0. The molecule has 1 fully saturated rings. The fourth-order valence-electron chi connectivity index (χ4n) is 5.51. The maximum Gasteiger partial charge on any atom is 0.431 e. The SMILES string of the molecule is CCCCCCCCCCCCCCCCCCNC(=O)ON1C(C)=C(C(=O)OC)C(N)=C(C2CCS2)C1C. The number of unbranched alkanes of at least 4 members (excludes halogenated alkanes) is 15. The van der Waals surface area contributed by atoms with E-state index >= 15 is 0 Å². The monoisotopic (exact) mass is 565 g/mol. The highest BCUT2D eigenvalue weighted by molar-refractivity contribution is 8.01. The van der Waals surface area contributed by atoms with E-state index in [0.717, 1.165) is 30.6 Å². The van der Waals surface area contributed by atoms with Crippen LogP contribution in [0.15, 0.2) is 22.5 Å². The van der Waals surface area contributed by atoms with Crippen LogP contribution in [0.1, 0.15) is 130 Å². The summed E-state index contributed by atoms with van der Waals surface area (Å²) in [6.45, 7) is 6.55. The maximum atomic E-state index is 12.6. The van der Waals surface area contributed by atoms with Crippen molar-refractivity contribution >= 4 is 23.8 Å². The molecule has 2 unspecified atom stereocenters. The van der Waals surface area contributed by atoms with Crippen LogP contribution in [0, 0.1) is 0 Å². The molecular weight excluding hydrogens is 510 g/mol. The lowest BCUT2D eigenvalue weighted by Crippen LogP contribution is -2.46. The van der Waals surface area contributed by atoms with Crippen LogP contribution in [0.25, 0.3) is 0 Å². The first-order valence-corrected chi connectivity index (χ1v) is 16.6. The Kier molecular flexibility index (Phi) is 16.5. The van der Waals surface area contributed by atoms with Crippen molar-refractivity contribution in [2.24, 2.45) is 5.73 Å². The Labute approximate surface area is 242 Å². The third kappa shape index (κ3) is 11.3. The molecule has 1 amide bonds. The zero-order chi connectivity index (χ0) is 28.5. The standard InChI is InChI=1S/C31H55N3O4S/c1-5-6-7-8-9-10-11-12-13-14-15-16-17-18-19-20-22-33-31(36)38-34-24(2)27(26-21-23-39-26)29(32)28(25(34)3)30(35)37-4/h24,26H,5-23,32H2,1-4H3,(H,33,36). The Morgan fingerprint density at radius 3 is 1.85 bits per heavy atom. The summed E-state index contributed by atoms with van der Waals surface area (Å²) in [5, 5.41) is 4.61. The summed E-state index contributed by atoms with van der Waals surface area (Å²) >= 11 is 1.80. The lowest BCUT2D eigenvalue weighted by Gasteiger charge is -2.41. The molecule has 8 heteroatoms. The molecule has 2 rings (SSSR count). The third-order valence-electron chi connectivity index (χ3n) is 7.99. The van der Waals surface area contributed by atoms with Crippen LogP contribution in [-0.2, 0) is 14.4 Å². The fraction of sp³-hybridized carbons (Fsp3) is 0.806. The summed E-state index contributed by atoms with van der Waals surface area (Å²) in [6.07, 6.45) is 21.6. The molecule has 0 aromatic heterocycles. The molecular formula is C31H55N3O4S. The molecule has 0 spiro atoms. The van der Waals surface area contributed by atoms with Gasteiger partial charge in [0.25, 0.3) is 0 Å². The number of hydrogen-bond donors (Lipinski definition) is 2. The Balaban J connectivity index is 1.56. The molecule has 0 saturated carbocycles. The molecule has 0 aliphatic carbocycles. The van der Waals surface area contributed by atoms with Gasteiger partial charge in [-0.05, 0) is 38.0 Å². The van der Waals surface area contributed by atoms with Gasteiger partial charge in [0.1, 0.15) is 5.57 Å². The average Bonchev–Trinajstić information content (AvgIpc) is 2.89. The second-order valence-corrected chi connectivity index (χ2v) is 12.4. The van der Waals surface area contributed by atoms with Gasteiger partial charge in [-0.3, -0.25) is 0 Å². The van der Waals surface area contributed by atoms with Crippen molar-refractivity contribution in [1.29, 1.82) is 0 Å². The van der Waals surface area contributed by atoms with Gasteiger partial charge >= 0.3 is 12.1 Å². The average molecular weight is 566 g/mol. The number of ether oxygens (including phenoxy) is 1. The number of nitrogens with two attached hydrogens (primary N) is 1. The lowest BCUT2D eigenvalue weighted by molar-refractivity contribution is -0.137. The lowest BCUT2D eigenvalue weighted by atomic mass is 9.91. The number of carbonyl (C=O) groups is 2. The second kappa shape index (κ2) is 19.3. The van der Waals surface area contributed by atoms with Crippen LogP contribution in [0.5, 0.6) is 0 Å². The van der Waals surface area contributed by atoms with Crippen molar-refractivity contribution < 1.29 is 19.2 Å². The van der Waals surface area contributed by atoms with Crippen molar-refractivity contribution in [2.75, 3.05) is 19.4 Å². The largest absolute Gasteiger partial charge is 0.465 e. The van der Waals surface area contributed by atoms with Gasteiger partial charge in [-0.15, -0.1) is 0 Å². The van der Waals surface area contributed by atoms with Crippen LogP contribution in [0.3, 0.4) is 0 Å². The van der Waals surface area contributed by atoms with Gasteiger partial charge in [-0.2, -0.15) is 11.8 Å². The first kappa shape index (κ1) is 33.4. The van der Waals surface area contributed by atoms with Gasteiger partial charge in [-0.1, -0.05) is 103 Å². The first-order valence-electron chi connectivity index (χ1n) is 15.6. The minimum absolute atomic E-state index is 0.229. The molecule has 7 nitrogen and oxygen atoms in total. The highest BCUT2D eigenvalue weighted by Gasteiger charge is 2.40. The van der Waals surface area contributed by atoms with Gasteiger partial charge in [0, 0.05) is 11.8 Å². The predicted molar refractivity (Wildman–Crippen MR) is 162 cm³/mol. The number of methoxy groups -OCH3 is 1. The number of allylic oxidation sites excluding steroid dienone is 1. The van der Waals surface area contributed by atoms with Crippen LogP contribution in [0.2, 0.25) is 0 Å². The topological polar surface area (TPSA) is 93.9 Å². The second-order valence-electron chi connectivity index (χ2n) is 11.1. The molecule has 0 radical (unpaired) electrons. The highest BCUT2D eigenvalue weighted by atomic mass is 32.2.